The number of aromatic nitrogens is 2. The van der Waals surface area contributed by atoms with Gasteiger partial charge in [-0.15, -0.1) is 0 Å². The van der Waals surface area contributed by atoms with Gasteiger partial charge >= 0.3 is 11.7 Å². The molecule has 0 radical (unpaired) electrons. The van der Waals surface area contributed by atoms with Crippen molar-refractivity contribution in [1.29, 1.82) is 0 Å². The molecule has 7 nitrogen and oxygen atoms in total. The van der Waals surface area contributed by atoms with Crippen LogP contribution in [0.4, 0.5) is 10.1 Å². The van der Waals surface area contributed by atoms with Crippen LogP contribution in [0.3, 0.4) is 0 Å². The second kappa shape index (κ2) is 5.31. The van der Waals surface area contributed by atoms with Gasteiger partial charge in [-0.2, -0.15) is 5.10 Å². The molecule has 0 aliphatic rings. The molecular formula is C13H12FN3O4. The SMILES string of the molecule is Cc1nn(Cc2ccc(C(=O)O)c(F)c2)c(C)c1[N+](=O)[O-]. The Balaban J connectivity index is 2.35. The maximum Gasteiger partial charge on any atom is 0.338 e. The summed E-state index contributed by atoms with van der Waals surface area (Å²) in [6.45, 7) is 3.20. The van der Waals surface area contributed by atoms with Gasteiger partial charge in [-0.1, -0.05) is 6.07 Å². The van der Waals surface area contributed by atoms with Crippen molar-refractivity contribution in [3.8, 4) is 0 Å². The number of hydrogen-bond acceptors (Lipinski definition) is 4. The fourth-order valence-corrected chi connectivity index (χ4v) is 2.11. The average Bonchev–Trinajstić information content (AvgIpc) is 2.63. The first-order chi connectivity index (χ1) is 9.81. The first-order valence-corrected chi connectivity index (χ1v) is 6.01. The van der Waals surface area contributed by atoms with Crippen LogP contribution in [-0.4, -0.2) is 25.8 Å². The Morgan fingerprint density at radius 1 is 1.48 bits per heavy atom. The van der Waals surface area contributed by atoms with Crippen LogP contribution in [0.1, 0.15) is 27.3 Å². The molecule has 1 aromatic carbocycles. The van der Waals surface area contributed by atoms with Gasteiger partial charge in [-0.25, -0.2) is 9.18 Å². The van der Waals surface area contributed by atoms with Crippen molar-refractivity contribution in [3.05, 3.63) is 56.6 Å². The maximum absolute atomic E-state index is 13.6. The Hall–Kier alpha value is -2.77. The van der Waals surface area contributed by atoms with Crippen LogP contribution in [0.15, 0.2) is 18.2 Å². The van der Waals surface area contributed by atoms with Gasteiger partial charge in [0.05, 0.1) is 17.0 Å². The topological polar surface area (TPSA) is 98.3 Å². The monoisotopic (exact) mass is 293 g/mol. The lowest BCUT2D eigenvalue weighted by Crippen LogP contribution is -2.06. The molecule has 1 heterocycles. The zero-order chi connectivity index (χ0) is 15.7. The molecule has 0 fully saturated rings. The van der Waals surface area contributed by atoms with Crippen LogP contribution < -0.4 is 0 Å². The number of benzene rings is 1. The highest BCUT2D eigenvalue weighted by Crippen LogP contribution is 2.22. The minimum atomic E-state index is -1.35. The number of hydrogen-bond donors (Lipinski definition) is 1. The van der Waals surface area contributed by atoms with Gasteiger partial charge in [-0.05, 0) is 31.5 Å². The maximum atomic E-state index is 13.6. The van der Waals surface area contributed by atoms with Crippen LogP contribution in [0.5, 0.6) is 0 Å². The number of rotatable bonds is 4. The number of nitro groups is 1. The standard InChI is InChI=1S/C13H12FN3O4/c1-7-12(17(20)21)8(2)16(15-7)6-9-3-4-10(13(18)19)11(14)5-9/h3-5H,6H2,1-2H3,(H,18,19). The van der Waals surface area contributed by atoms with E-state index >= 15 is 0 Å². The molecule has 1 N–H and O–H groups in total. The predicted molar refractivity (Wildman–Crippen MR) is 70.8 cm³/mol. The highest BCUT2D eigenvalue weighted by molar-refractivity contribution is 5.87. The van der Waals surface area contributed by atoms with Crippen molar-refractivity contribution in [2.75, 3.05) is 0 Å². The van der Waals surface area contributed by atoms with Crippen molar-refractivity contribution in [3.63, 3.8) is 0 Å². The van der Waals surface area contributed by atoms with Gasteiger partial charge in [0.2, 0.25) is 0 Å². The van der Waals surface area contributed by atoms with E-state index in [-0.39, 0.29) is 17.9 Å². The molecule has 0 atom stereocenters. The molecule has 0 saturated heterocycles. The Morgan fingerprint density at radius 3 is 2.62 bits per heavy atom. The summed E-state index contributed by atoms with van der Waals surface area (Å²) in [6.07, 6.45) is 0. The third-order valence-corrected chi connectivity index (χ3v) is 3.12. The van der Waals surface area contributed by atoms with E-state index in [1.807, 2.05) is 0 Å². The zero-order valence-corrected chi connectivity index (χ0v) is 11.3. The third kappa shape index (κ3) is 2.73. The molecule has 0 spiro atoms. The van der Waals surface area contributed by atoms with Gasteiger partial charge in [0.15, 0.2) is 0 Å². The fraction of sp³-hybridized carbons (Fsp3) is 0.231. The lowest BCUT2D eigenvalue weighted by Gasteiger charge is -2.05. The summed E-state index contributed by atoms with van der Waals surface area (Å²) in [5.74, 6) is -2.20. The number of carboxylic acid groups (broad SMARTS) is 1. The summed E-state index contributed by atoms with van der Waals surface area (Å²) < 4.78 is 15.0. The van der Waals surface area contributed by atoms with Crippen LogP contribution in [0, 0.1) is 29.8 Å². The van der Waals surface area contributed by atoms with Crippen LogP contribution in [0.2, 0.25) is 0 Å². The lowest BCUT2D eigenvalue weighted by atomic mass is 10.1. The molecule has 0 saturated carbocycles. The van der Waals surface area contributed by atoms with Crippen molar-refractivity contribution in [2.45, 2.75) is 20.4 Å². The summed E-state index contributed by atoms with van der Waals surface area (Å²) in [7, 11) is 0. The Labute approximate surface area is 118 Å². The molecule has 2 aromatic rings. The van der Waals surface area contributed by atoms with E-state index in [0.29, 0.717) is 11.3 Å². The Bertz CT molecular complexity index is 739. The second-order valence-corrected chi connectivity index (χ2v) is 4.55. The molecule has 0 unspecified atom stereocenters. The number of aryl methyl sites for hydroxylation is 1. The Kier molecular flexibility index (Phi) is 3.70. The molecule has 21 heavy (non-hydrogen) atoms. The van der Waals surface area contributed by atoms with E-state index in [9.17, 15) is 19.3 Å². The number of carboxylic acids is 1. The zero-order valence-electron chi connectivity index (χ0n) is 11.3. The van der Waals surface area contributed by atoms with Gasteiger partial charge in [-0.3, -0.25) is 14.8 Å². The molecule has 8 heteroatoms. The number of halogens is 1. The van der Waals surface area contributed by atoms with Gasteiger partial charge in [0.1, 0.15) is 17.2 Å². The van der Waals surface area contributed by atoms with Crippen molar-refractivity contribution in [1.82, 2.24) is 9.78 Å². The number of aromatic carboxylic acids is 1. The minimum absolute atomic E-state index is 0.0716. The molecule has 0 bridgehead atoms. The van der Waals surface area contributed by atoms with Gasteiger partial charge in [0, 0.05) is 0 Å². The van der Waals surface area contributed by atoms with E-state index in [1.54, 1.807) is 6.92 Å². The Morgan fingerprint density at radius 2 is 2.14 bits per heavy atom. The molecule has 1 aromatic heterocycles. The van der Waals surface area contributed by atoms with Crippen LogP contribution in [0.25, 0.3) is 0 Å². The highest BCUT2D eigenvalue weighted by atomic mass is 19.1. The summed E-state index contributed by atoms with van der Waals surface area (Å²) in [4.78, 5) is 21.1. The first-order valence-electron chi connectivity index (χ1n) is 6.01. The quantitative estimate of drug-likeness (QED) is 0.688. The fourth-order valence-electron chi connectivity index (χ4n) is 2.11. The molecular weight excluding hydrogens is 281 g/mol. The molecule has 0 amide bonds. The van der Waals surface area contributed by atoms with E-state index in [1.165, 1.54) is 17.7 Å². The third-order valence-electron chi connectivity index (χ3n) is 3.12. The second-order valence-electron chi connectivity index (χ2n) is 4.55. The van der Waals surface area contributed by atoms with Gasteiger partial charge in [0.25, 0.3) is 0 Å². The molecule has 110 valence electrons. The minimum Gasteiger partial charge on any atom is -0.478 e. The van der Waals surface area contributed by atoms with Crippen molar-refractivity contribution < 1.29 is 19.2 Å². The normalized spacial score (nSPS) is 10.6. The van der Waals surface area contributed by atoms with Crippen LogP contribution >= 0.6 is 0 Å². The number of carbonyl (C=O) groups is 1. The summed E-state index contributed by atoms with van der Waals surface area (Å²) >= 11 is 0. The van der Waals surface area contributed by atoms with E-state index in [0.717, 1.165) is 12.1 Å². The largest absolute Gasteiger partial charge is 0.478 e. The van der Waals surface area contributed by atoms with E-state index < -0.39 is 22.3 Å². The summed E-state index contributed by atoms with van der Waals surface area (Å²) in [5.41, 5.74) is 0.620. The van der Waals surface area contributed by atoms with Crippen molar-refractivity contribution >= 4 is 11.7 Å². The highest BCUT2D eigenvalue weighted by Gasteiger charge is 2.22. The lowest BCUT2D eigenvalue weighted by molar-refractivity contribution is -0.386. The predicted octanol–water partition coefficient (Wildman–Crippen LogP) is 2.29. The summed E-state index contributed by atoms with van der Waals surface area (Å²) in [5, 5.41) is 23.7. The molecule has 2 rings (SSSR count). The smallest absolute Gasteiger partial charge is 0.338 e. The molecule has 0 aliphatic heterocycles. The average molecular weight is 293 g/mol. The first kappa shape index (κ1) is 14.6. The van der Waals surface area contributed by atoms with Crippen molar-refractivity contribution in [2.24, 2.45) is 0 Å². The van der Waals surface area contributed by atoms with E-state index in [2.05, 4.69) is 5.10 Å². The van der Waals surface area contributed by atoms with E-state index in [4.69, 9.17) is 5.11 Å². The van der Waals surface area contributed by atoms with Crippen LogP contribution in [-0.2, 0) is 6.54 Å². The molecule has 0 aliphatic carbocycles. The van der Waals surface area contributed by atoms with Gasteiger partial charge < -0.3 is 5.11 Å². The number of nitrogens with zero attached hydrogens (tertiary/aromatic N) is 3. The summed E-state index contributed by atoms with van der Waals surface area (Å²) in [6, 6.07) is 3.70.